The second-order valence-corrected chi connectivity index (χ2v) is 5.54. The Kier molecular flexibility index (Phi) is 2.88. The summed E-state index contributed by atoms with van der Waals surface area (Å²) in [5.41, 5.74) is 1.09. The van der Waals surface area contributed by atoms with Crippen LogP contribution in [0.25, 0.3) is 10.2 Å². The maximum atomic E-state index is 12.1. The van der Waals surface area contributed by atoms with Crippen molar-refractivity contribution in [1.82, 2.24) is 14.5 Å². The summed E-state index contributed by atoms with van der Waals surface area (Å²) >= 11 is 2.39. The molecule has 0 aromatic carbocycles. The minimum absolute atomic E-state index is 0.0215. The summed E-state index contributed by atoms with van der Waals surface area (Å²) in [6, 6.07) is 1.79. The average Bonchev–Trinajstić information content (AvgIpc) is 3.01. The van der Waals surface area contributed by atoms with Gasteiger partial charge < -0.3 is 5.11 Å². The van der Waals surface area contributed by atoms with Crippen LogP contribution in [0.15, 0.2) is 27.9 Å². The lowest BCUT2D eigenvalue weighted by Gasteiger charge is -2.01. The van der Waals surface area contributed by atoms with Gasteiger partial charge >= 0.3 is 5.97 Å². The molecule has 0 amide bonds. The Labute approximate surface area is 114 Å². The van der Waals surface area contributed by atoms with E-state index in [0.29, 0.717) is 15.9 Å². The SMILES string of the molecule is O=C(O)c1nc(Cn2cnc3ccsc3c2=O)cs1. The number of hydrogen-bond acceptors (Lipinski definition) is 6. The van der Waals surface area contributed by atoms with Crippen LogP contribution in [0, 0.1) is 0 Å². The number of thiazole rings is 1. The molecule has 0 bridgehead atoms. The van der Waals surface area contributed by atoms with Crippen molar-refractivity contribution in [3.8, 4) is 0 Å². The van der Waals surface area contributed by atoms with Crippen LogP contribution in [0.5, 0.6) is 0 Å². The minimum atomic E-state index is -1.06. The highest BCUT2D eigenvalue weighted by molar-refractivity contribution is 7.17. The molecule has 3 rings (SSSR count). The van der Waals surface area contributed by atoms with E-state index >= 15 is 0 Å². The van der Waals surface area contributed by atoms with Crippen LogP contribution in [-0.4, -0.2) is 25.6 Å². The maximum Gasteiger partial charge on any atom is 0.365 e. The largest absolute Gasteiger partial charge is 0.476 e. The molecule has 0 atom stereocenters. The monoisotopic (exact) mass is 293 g/mol. The van der Waals surface area contributed by atoms with Crippen molar-refractivity contribution in [2.75, 3.05) is 0 Å². The third-order valence-corrected chi connectivity index (χ3v) is 4.27. The molecule has 3 aromatic heterocycles. The Morgan fingerprint density at radius 3 is 3.00 bits per heavy atom. The number of thiophene rings is 1. The molecule has 3 heterocycles. The van der Waals surface area contributed by atoms with Crippen LogP contribution in [0.4, 0.5) is 0 Å². The van der Waals surface area contributed by atoms with Crippen molar-refractivity contribution in [3.05, 3.63) is 44.2 Å². The molecule has 96 valence electrons. The lowest BCUT2D eigenvalue weighted by molar-refractivity contribution is 0.0696. The van der Waals surface area contributed by atoms with E-state index < -0.39 is 5.97 Å². The predicted octanol–water partition coefficient (Wildman–Crippen LogP) is 1.66. The number of aromatic carboxylic acids is 1. The summed E-state index contributed by atoms with van der Waals surface area (Å²) in [5, 5.41) is 12.3. The summed E-state index contributed by atoms with van der Waals surface area (Å²) in [7, 11) is 0. The van der Waals surface area contributed by atoms with Gasteiger partial charge in [0.1, 0.15) is 4.70 Å². The van der Waals surface area contributed by atoms with Gasteiger partial charge in [0.15, 0.2) is 0 Å². The molecule has 0 aliphatic heterocycles. The first-order valence-electron chi connectivity index (χ1n) is 5.25. The highest BCUT2D eigenvalue weighted by Crippen LogP contribution is 2.14. The van der Waals surface area contributed by atoms with E-state index in [-0.39, 0.29) is 17.1 Å². The van der Waals surface area contributed by atoms with Crippen molar-refractivity contribution in [3.63, 3.8) is 0 Å². The fourth-order valence-electron chi connectivity index (χ4n) is 1.64. The molecule has 0 saturated heterocycles. The van der Waals surface area contributed by atoms with E-state index in [4.69, 9.17) is 5.11 Å². The first-order valence-corrected chi connectivity index (χ1v) is 7.01. The molecule has 0 spiro atoms. The Morgan fingerprint density at radius 2 is 2.26 bits per heavy atom. The molecule has 0 aliphatic carbocycles. The maximum absolute atomic E-state index is 12.1. The van der Waals surface area contributed by atoms with Crippen molar-refractivity contribution in [2.24, 2.45) is 0 Å². The van der Waals surface area contributed by atoms with Crippen molar-refractivity contribution in [1.29, 1.82) is 0 Å². The van der Waals surface area contributed by atoms with Gasteiger partial charge in [-0.05, 0) is 11.4 Å². The average molecular weight is 293 g/mol. The van der Waals surface area contributed by atoms with E-state index in [0.717, 1.165) is 11.3 Å². The predicted molar refractivity (Wildman–Crippen MR) is 72.1 cm³/mol. The second-order valence-electron chi connectivity index (χ2n) is 3.76. The van der Waals surface area contributed by atoms with Crippen LogP contribution in [0.1, 0.15) is 15.5 Å². The van der Waals surface area contributed by atoms with Gasteiger partial charge in [-0.1, -0.05) is 0 Å². The topological polar surface area (TPSA) is 85.1 Å². The van der Waals surface area contributed by atoms with Crippen LogP contribution in [0.3, 0.4) is 0 Å². The van der Waals surface area contributed by atoms with Crippen LogP contribution in [-0.2, 0) is 6.54 Å². The van der Waals surface area contributed by atoms with Gasteiger partial charge in [0, 0.05) is 5.38 Å². The van der Waals surface area contributed by atoms with Gasteiger partial charge in [-0.25, -0.2) is 14.8 Å². The smallest absolute Gasteiger partial charge is 0.365 e. The van der Waals surface area contributed by atoms with E-state index in [1.807, 2.05) is 5.38 Å². The molecule has 0 unspecified atom stereocenters. The summed E-state index contributed by atoms with van der Waals surface area (Å²) in [5.74, 6) is -1.06. The highest BCUT2D eigenvalue weighted by atomic mass is 32.1. The van der Waals surface area contributed by atoms with Gasteiger partial charge in [-0.2, -0.15) is 0 Å². The Balaban J connectivity index is 1.98. The van der Waals surface area contributed by atoms with Crippen molar-refractivity contribution in [2.45, 2.75) is 6.54 Å². The van der Waals surface area contributed by atoms with E-state index in [9.17, 15) is 9.59 Å². The van der Waals surface area contributed by atoms with Crippen LogP contribution < -0.4 is 5.56 Å². The van der Waals surface area contributed by atoms with Gasteiger partial charge in [-0.3, -0.25) is 9.36 Å². The molecule has 0 saturated carbocycles. The number of hydrogen-bond donors (Lipinski definition) is 1. The zero-order valence-corrected chi connectivity index (χ0v) is 11.1. The quantitative estimate of drug-likeness (QED) is 0.793. The summed E-state index contributed by atoms with van der Waals surface area (Å²) < 4.78 is 2.02. The number of carboxylic acid groups (broad SMARTS) is 1. The Morgan fingerprint density at radius 1 is 1.42 bits per heavy atom. The highest BCUT2D eigenvalue weighted by Gasteiger charge is 2.11. The summed E-state index contributed by atoms with van der Waals surface area (Å²) in [6.07, 6.45) is 1.46. The fourth-order valence-corrected chi connectivity index (χ4v) is 3.08. The van der Waals surface area contributed by atoms with Gasteiger partial charge in [0.2, 0.25) is 5.01 Å². The molecule has 8 heteroatoms. The Hall–Kier alpha value is -2.06. The second kappa shape index (κ2) is 4.56. The molecular formula is C11H7N3O3S2. The summed E-state index contributed by atoms with van der Waals surface area (Å²) in [6.45, 7) is 0.226. The molecule has 0 fully saturated rings. The number of rotatable bonds is 3. The van der Waals surface area contributed by atoms with E-state index in [1.165, 1.54) is 22.2 Å². The van der Waals surface area contributed by atoms with Crippen molar-refractivity contribution < 1.29 is 9.90 Å². The molecule has 6 nitrogen and oxygen atoms in total. The number of carbonyl (C=O) groups is 1. The van der Waals surface area contributed by atoms with Gasteiger partial charge in [0.25, 0.3) is 5.56 Å². The zero-order chi connectivity index (χ0) is 13.4. The third kappa shape index (κ3) is 2.15. The fraction of sp³-hybridized carbons (Fsp3) is 0.0909. The first-order chi connectivity index (χ1) is 9.15. The number of aromatic nitrogens is 3. The molecule has 3 aromatic rings. The zero-order valence-electron chi connectivity index (χ0n) is 9.44. The van der Waals surface area contributed by atoms with Gasteiger partial charge in [0.05, 0.1) is 24.1 Å². The van der Waals surface area contributed by atoms with E-state index in [2.05, 4.69) is 9.97 Å². The Bertz CT molecular complexity index is 818. The van der Waals surface area contributed by atoms with Gasteiger partial charge in [-0.15, -0.1) is 22.7 Å². The number of fused-ring (bicyclic) bond motifs is 1. The van der Waals surface area contributed by atoms with Crippen molar-refractivity contribution >= 4 is 38.9 Å². The third-order valence-electron chi connectivity index (χ3n) is 2.50. The summed E-state index contributed by atoms with van der Waals surface area (Å²) in [4.78, 5) is 31.0. The lowest BCUT2D eigenvalue weighted by Crippen LogP contribution is -2.20. The van der Waals surface area contributed by atoms with Crippen LogP contribution in [0.2, 0.25) is 0 Å². The lowest BCUT2D eigenvalue weighted by atomic mass is 10.4. The van der Waals surface area contributed by atoms with E-state index in [1.54, 1.807) is 11.4 Å². The van der Waals surface area contributed by atoms with Crippen LogP contribution >= 0.6 is 22.7 Å². The molecular weight excluding hydrogens is 286 g/mol. The standard InChI is InChI=1S/C11H7N3O3S2/c15-10-8-7(1-2-18-8)12-5-14(10)3-6-4-19-9(13-6)11(16)17/h1-2,4-5H,3H2,(H,16,17). The molecule has 0 radical (unpaired) electrons. The number of nitrogens with zero attached hydrogens (tertiary/aromatic N) is 3. The molecule has 1 N–H and O–H groups in total. The normalized spacial score (nSPS) is 10.9. The first kappa shape index (κ1) is 12.0. The number of carboxylic acids is 1. The molecule has 0 aliphatic rings. The molecule has 19 heavy (non-hydrogen) atoms. The minimum Gasteiger partial charge on any atom is -0.476 e.